The van der Waals surface area contributed by atoms with E-state index in [1.807, 2.05) is 6.07 Å². The maximum atomic E-state index is 14.0. The van der Waals surface area contributed by atoms with E-state index in [4.69, 9.17) is 32.7 Å². The number of methoxy groups -OCH3 is 1. The largest absolute Gasteiger partial charge is 0.497 e. The van der Waals surface area contributed by atoms with Gasteiger partial charge in [0.2, 0.25) is 5.91 Å². The van der Waals surface area contributed by atoms with E-state index in [0.29, 0.717) is 26.9 Å². The number of rotatable bonds is 14. The lowest BCUT2D eigenvalue weighted by Gasteiger charge is -2.31. The minimum Gasteiger partial charge on any atom is -0.497 e. The molecule has 0 heterocycles. The SMILES string of the molecule is COc1ccc(CN(C(=O)COc2ccc(S(=O)(=O)Nc3ccc(F)cc3)cc2)C(C(=O)NCc2ccc(Cl)cc2Cl)c2ccccc2)cc1. The summed E-state index contributed by atoms with van der Waals surface area (Å²) in [6, 6.07) is 30.3. The Hall–Kier alpha value is -5.10. The van der Waals surface area contributed by atoms with E-state index in [0.717, 1.165) is 17.7 Å². The highest BCUT2D eigenvalue weighted by molar-refractivity contribution is 7.92. The molecule has 2 N–H and O–H groups in total. The number of amides is 2. The van der Waals surface area contributed by atoms with Gasteiger partial charge in [0.05, 0.1) is 12.0 Å². The first-order valence-corrected chi connectivity index (χ1v) is 17.5. The fourth-order valence-corrected chi connectivity index (χ4v) is 6.51. The normalized spacial score (nSPS) is 11.7. The zero-order valence-corrected chi connectivity index (χ0v) is 29.0. The Labute approximate surface area is 299 Å². The van der Waals surface area contributed by atoms with Crippen LogP contribution in [-0.2, 0) is 32.7 Å². The Bertz CT molecular complexity index is 2030. The number of halogens is 3. The third-order valence-electron chi connectivity index (χ3n) is 7.57. The molecule has 0 fully saturated rings. The number of carbonyl (C=O) groups is 2. The average Bonchev–Trinajstić information content (AvgIpc) is 3.11. The number of hydrogen-bond donors (Lipinski definition) is 2. The van der Waals surface area contributed by atoms with Crippen molar-refractivity contribution in [3.05, 3.63) is 154 Å². The highest BCUT2D eigenvalue weighted by atomic mass is 35.5. The van der Waals surface area contributed by atoms with E-state index in [2.05, 4.69) is 10.0 Å². The van der Waals surface area contributed by atoms with Crippen molar-refractivity contribution in [2.75, 3.05) is 18.4 Å². The highest BCUT2D eigenvalue weighted by Crippen LogP contribution is 2.27. The van der Waals surface area contributed by atoms with Gasteiger partial charge in [-0.15, -0.1) is 0 Å². The first-order chi connectivity index (χ1) is 24.0. The van der Waals surface area contributed by atoms with E-state index in [9.17, 15) is 22.4 Å². The number of hydrogen-bond acceptors (Lipinski definition) is 6. The summed E-state index contributed by atoms with van der Waals surface area (Å²) in [6.07, 6.45) is 0. The van der Waals surface area contributed by atoms with Gasteiger partial charge in [0.15, 0.2) is 6.61 Å². The fourth-order valence-electron chi connectivity index (χ4n) is 4.98. The first-order valence-electron chi connectivity index (χ1n) is 15.2. The molecule has 5 rings (SSSR count). The number of ether oxygens (including phenoxy) is 2. The van der Waals surface area contributed by atoms with Crippen molar-refractivity contribution in [3.8, 4) is 11.5 Å². The Morgan fingerprint density at radius 2 is 1.50 bits per heavy atom. The van der Waals surface area contributed by atoms with E-state index in [1.165, 1.54) is 41.3 Å². The van der Waals surface area contributed by atoms with E-state index < -0.39 is 40.3 Å². The summed E-state index contributed by atoms with van der Waals surface area (Å²) in [4.78, 5) is 29.3. The molecule has 2 amide bonds. The lowest BCUT2D eigenvalue weighted by atomic mass is 10.0. The third kappa shape index (κ3) is 9.53. The Balaban J connectivity index is 1.37. The molecule has 50 heavy (non-hydrogen) atoms. The van der Waals surface area contributed by atoms with Crippen LogP contribution in [-0.4, -0.2) is 38.8 Å². The van der Waals surface area contributed by atoms with Crippen LogP contribution in [0.2, 0.25) is 10.0 Å². The number of nitrogens with zero attached hydrogens (tertiary/aromatic N) is 1. The molecule has 0 bridgehead atoms. The summed E-state index contributed by atoms with van der Waals surface area (Å²) in [7, 11) is -2.43. The quantitative estimate of drug-likeness (QED) is 0.123. The van der Waals surface area contributed by atoms with Crippen molar-refractivity contribution < 1.29 is 31.9 Å². The van der Waals surface area contributed by atoms with Gasteiger partial charge in [-0.25, -0.2) is 12.8 Å². The van der Waals surface area contributed by atoms with Crippen LogP contribution < -0.4 is 19.5 Å². The second-order valence-electron chi connectivity index (χ2n) is 11.0. The van der Waals surface area contributed by atoms with Crippen LogP contribution in [0.4, 0.5) is 10.1 Å². The van der Waals surface area contributed by atoms with Gasteiger partial charge in [-0.05, 0) is 89.5 Å². The first kappa shape index (κ1) is 36.2. The lowest BCUT2D eigenvalue weighted by Crippen LogP contribution is -2.45. The van der Waals surface area contributed by atoms with Gasteiger partial charge in [-0.3, -0.25) is 14.3 Å². The molecule has 0 aromatic heterocycles. The van der Waals surface area contributed by atoms with Crippen molar-refractivity contribution in [1.29, 1.82) is 0 Å². The minimum absolute atomic E-state index is 0.0487. The molecule has 13 heteroatoms. The second-order valence-corrected chi connectivity index (χ2v) is 13.5. The minimum atomic E-state index is -3.98. The molecule has 1 unspecified atom stereocenters. The van der Waals surface area contributed by atoms with Gasteiger partial charge in [0.25, 0.3) is 15.9 Å². The summed E-state index contributed by atoms with van der Waals surface area (Å²) in [5.41, 5.74) is 2.14. The van der Waals surface area contributed by atoms with Crippen LogP contribution in [0.1, 0.15) is 22.7 Å². The number of benzene rings is 5. The summed E-state index contributed by atoms with van der Waals surface area (Å²) >= 11 is 12.4. The van der Waals surface area contributed by atoms with Gasteiger partial charge in [-0.2, -0.15) is 0 Å². The maximum absolute atomic E-state index is 14.0. The zero-order chi connectivity index (χ0) is 35.7. The van der Waals surface area contributed by atoms with Gasteiger partial charge >= 0.3 is 0 Å². The number of anilines is 1. The molecule has 5 aromatic rings. The Morgan fingerprint density at radius 1 is 0.840 bits per heavy atom. The fraction of sp³-hybridized carbons (Fsp3) is 0.135. The predicted molar refractivity (Wildman–Crippen MR) is 190 cm³/mol. The number of carbonyl (C=O) groups excluding carboxylic acids is 2. The van der Waals surface area contributed by atoms with Gasteiger partial charge in [-0.1, -0.05) is 71.7 Å². The van der Waals surface area contributed by atoms with Crippen molar-refractivity contribution in [3.63, 3.8) is 0 Å². The van der Waals surface area contributed by atoms with Crippen LogP contribution >= 0.6 is 23.2 Å². The molecule has 258 valence electrons. The zero-order valence-electron chi connectivity index (χ0n) is 26.7. The molecule has 0 radical (unpaired) electrons. The topological polar surface area (TPSA) is 114 Å². The molecule has 0 saturated carbocycles. The van der Waals surface area contributed by atoms with Crippen LogP contribution in [0, 0.1) is 5.82 Å². The van der Waals surface area contributed by atoms with Crippen molar-refractivity contribution >= 4 is 50.7 Å². The van der Waals surface area contributed by atoms with Crippen LogP contribution in [0.25, 0.3) is 0 Å². The molecule has 0 aliphatic heterocycles. The standard InChI is InChI=1S/C37H32Cl2FN3O6S/c1-48-31-15-7-25(8-16-31)23-43(36(26-5-3-2-4-6-26)37(45)41-22-27-9-10-28(38)21-34(27)39)35(44)24-49-32-17-19-33(20-18-32)50(46,47)42-30-13-11-29(40)12-14-30/h2-21,36,42H,22-24H2,1H3,(H,41,45). The molecule has 0 aliphatic rings. The Kier molecular flexibility index (Phi) is 12.0. The van der Waals surface area contributed by atoms with Crippen molar-refractivity contribution in [2.45, 2.75) is 24.0 Å². The Morgan fingerprint density at radius 3 is 2.14 bits per heavy atom. The van der Waals surface area contributed by atoms with E-state index >= 15 is 0 Å². The summed E-state index contributed by atoms with van der Waals surface area (Å²) in [5.74, 6) is -0.603. The molecule has 5 aromatic carbocycles. The average molecular weight is 737 g/mol. The van der Waals surface area contributed by atoms with E-state index in [-0.39, 0.29) is 29.4 Å². The van der Waals surface area contributed by atoms with Crippen molar-refractivity contribution in [2.24, 2.45) is 0 Å². The second kappa shape index (κ2) is 16.5. The molecular formula is C37H32Cl2FN3O6S. The van der Waals surface area contributed by atoms with Crippen LogP contribution in [0.3, 0.4) is 0 Å². The number of sulfonamides is 1. The molecule has 0 aliphatic carbocycles. The van der Waals surface area contributed by atoms with Crippen molar-refractivity contribution in [1.82, 2.24) is 10.2 Å². The van der Waals surface area contributed by atoms with Gasteiger partial charge < -0.3 is 19.7 Å². The number of nitrogens with one attached hydrogen (secondary N) is 2. The smallest absolute Gasteiger partial charge is 0.261 e. The third-order valence-corrected chi connectivity index (χ3v) is 9.55. The molecule has 0 spiro atoms. The van der Waals surface area contributed by atoms with Gasteiger partial charge in [0.1, 0.15) is 23.4 Å². The molecule has 0 saturated heterocycles. The predicted octanol–water partition coefficient (Wildman–Crippen LogP) is 7.41. The summed E-state index contributed by atoms with van der Waals surface area (Å²) in [6.45, 7) is -0.326. The summed E-state index contributed by atoms with van der Waals surface area (Å²) < 4.78 is 52.4. The van der Waals surface area contributed by atoms with Crippen LogP contribution in [0.5, 0.6) is 11.5 Å². The molecular weight excluding hydrogens is 704 g/mol. The van der Waals surface area contributed by atoms with Gasteiger partial charge in [0, 0.05) is 28.8 Å². The molecule has 1 atom stereocenters. The maximum Gasteiger partial charge on any atom is 0.261 e. The monoisotopic (exact) mass is 735 g/mol. The highest BCUT2D eigenvalue weighted by Gasteiger charge is 2.32. The van der Waals surface area contributed by atoms with E-state index in [1.54, 1.807) is 73.8 Å². The lowest BCUT2D eigenvalue weighted by molar-refractivity contribution is -0.143. The summed E-state index contributed by atoms with van der Waals surface area (Å²) in [5, 5.41) is 3.76. The van der Waals surface area contributed by atoms with Crippen LogP contribution in [0.15, 0.2) is 126 Å². The molecule has 9 nitrogen and oxygen atoms in total.